The van der Waals surface area contributed by atoms with E-state index in [0.29, 0.717) is 23.5 Å². The first-order valence-corrected chi connectivity index (χ1v) is 8.54. The lowest BCUT2D eigenvalue weighted by Gasteiger charge is -2.31. The van der Waals surface area contributed by atoms with E-state index in [2.05, 4.69) is 44.8 Å². The summed E-state index contributed by atoms with van der Waals surface area (Å²) in [5.74, 6) is 1.72. The molecule has 1 atom stereocenters. The molecule has 1 heterocycles. The van der Waals surface area contributed by atoms with Gasteiger partial charge in [-0.2, -0.15) is 0 Å². The van der Waals surface area contributed by atoms with E-state index in [1.54, 1.807) is 0 Å². The molecule has 0 saturated heterocycles. The Morgan fingerprint density at radius 1 is 1.11 bits per heavy atom. The second-order valence-corrected chi connectivity index (χ2v) is 7.51. The maximum atomic E-state index is 5.70. The third-order valence-corrected chi connectivity index (χ3v) is 6.58. The molecule has 4 heteroatoms. The summed E-state index contributed by atoms with van der Waals surface area (Å²) in [4.78, 5) is 0.354. The Kier molecular flexibility index (Phi) is 3.82. The van der Waals surface area contributed by atoms with Crippen molar-refractivity contribution in [1.29, 1.82) is 0 Å². The van der Waals surface area contributed by atoms with Gasteiger partial charge in [-0.1, -0.05) is 51.6 Å². The molecule has 1 aromatic carbocycles. The first kappa shape index (κ1) is 13.7. The van der Waals surface area contributed by atoms with Crippen molar-refractivity contribution in [3.8, 4) is 11.5 Å². The summed E-state index contributed by atoms with van der Waals surface area (Å²) in [6.45, 7) is 3.65. The fraction of sp³-hybridized carbons (Fsp3) is 0.600. The number of benzene rings is 1. The summed E-state index contributed by atoms with van der Waals surface area (Å²) >= 11 is 7.60. The van der Waals surface area contributed by atoms with Gasteiger partial charge in [0, 0.05) is 9.30 Å². The third-order valence-electron chi connectivity index (χ3n) is 4.29. The third kappa shape index (κ3) is 2.54. The molecule has 0 radical (unpaired) electrons. The Bertz CT molecular complexity index is 481. The zero-order chi connectivity index (χ0) is 13.5. The smallest absolute Gasteiger partial charge is 0.162 e. The molecule has 0 bridgehead atoms. The maximum absolute atomic E-state index is 5.70. The highest BCUT2D eigenvalue weighted by atomic mass is 79.9. The van der Waals surface area contributed by atoms with Crippen LogP contribution in [0, 0.1) is 5.41 Å². The summed E-state index contributed by atoms with van der Waals surface area (Å²) in [5, 5.41) is 0. The lowest BCUT2D eigenvalue weighted by atomic mass is 9.82. The van der Waals surface area contributed by atoms with Crippen molar-refractivity contribution in [3.63, 3.8) is 0 Å². The largest absolute Gasteiger partial charge is 0.486 e. The molecular formula is C15H18Br2O2. The van der Waals surface area contributed by atoms with E-state index in [1.165, 1.54) is 31.2 Å². The van der Waals surface area contributed by atoms with Crippen LogP contribution in [0.5, 0.6) is 11.5 Å². The van der Waals surface area contributed by atoms with Crippen LogP contribution in [0.2, 0.25) is 0 Å². The molecule has 1 unspecified atom stereocenters. The van der Waals surface area contributed by atoms with Crippen LogP contribution in [0.1, 0.15) is 43.0 Å². The minimum Gasteiger partial charge on any atom is -0.486 e. The zero-order valence-electron chi connectivity index (χ0n) is 11.0. The molecule has 3 rings (SSSR count). The van der Waals surface area contributed by atoms with E-state index >= 15 is 0 Å². The summed E-state index contributed by atoms with van der Waals surface area (Å²) in [6.07, 6.45) is 5.23. The molecule has 1 aromatic rings. The molecule has 0 N–H and O–H groups in total. The van der Waals surface area contributed by atoms with Gasteiger partial charge in [-0.05, 0) is 36.0 Å². The van der Waals surface area contributed by atoms with E-state index in [1.807, 2.05) is 6.07 Å². The van der Waals surface area contributed by atoms with Crippen molar-refractivity contribution >= 4 is 31.9 Å². The number of alkyl halides is 1. The molecule has 0 amide bonds. The van der Waals surface area contributed by atoms with Crippen molar-refractivity contribution in [2.75, 3.05) is 13.2 Å². The highest BCUT2D eigenvalue weighted by Gasteiger charge is 2.37. The predicted molar refractivity (Wildman–Crippen MR) is 83.4 cm³/mol. The average Bonchev–Trinajstić information content (AvgIpc) is 2.85. The number of fused-ring (bicyclic) bond motifs is 1. The first-order chi connectivity index (χ1) is 9.10. The van der Waals surface area contributed by atoms with Crippen molar-refractivity contribution < 1.29 is 9.47 Å². The normalized spacial score (nSPS) is 22.3. The van der Waals surface area contributed by atoms with Crippen LogP contribution in [0.3, 0.4) is 0 Å². The molecule has 2 nitrogen and oxygen atoms in total. The summed E-state index contributed by atoms with van der Waals surface area (Å²) in [5.41, 5.74) is 1.61. The lowest BCUT2D eigenvalue weighted by molar-refractivity contribution is 0.171. The zero-order valence-corrected chi connectivity index (χ0v) is 14.2. The first-order valence-electron chi connectivity index (χ1n) is 6.83. The molecule has 1 fully saturated rings. The van der Waals surface area contributed by atoms with Gasteiger partial charge >= 0.3 is 0 Å². The second-order valence-electron chi connectivity index (χ2n) is 5.74. The fourth-order valence-electron chi connectivity index (χ4n) is 3.09. The Hall–Kier alpha value is -0.220. The SMILES string of the molecule is CC1(C(Br)c2cc3c(cc2Br)OCCO3)CCCC1. The van der Waals surface area contributed by atoms with Gasteiger partial charge in [0.1, 0.15) is 13.2 Å². The predicted octanol–water partition coefficient (Wildman–Crippen LogP) is 5.24. The van der Waals surface area contributed by atoms with Crippen LogP contribution in [-0.2, 0) is 0 Å². The maximum Gasteiger partial charge on any atom is 0.162 e. The van der Waals surface area contributed by atoms with E-state index < -0.39 is 0 Å². The highest BCUT2D eigenvalue weighted by molar-refractivity contribution is 9.11. The second kappa shape index (κ2) is 5.28. The van der Waals surface area contributed by atoms with Crippen molar-refractivity contribution in [2.45, 2.75) is 37.4 Å². The van der Waals surface area contributed by atoms with Crippen LogP contribution >= 0.6 is 31.9 Å². The average molecular weight is 390 g/mol. The van der Waals surface area contributed by atoms with Gasteiger partial charge < -0.3 is 9.47 Å². The number of rotatable bonds is 2. The number of halogens is 2. The molecular weight excluding hydrogens is 372 g/mol. The highest BCUT2D eigenvalue weighted by Crippen LogP contribution is 2.54. The Balaban J connectivity index is 1.95. The molecule has 1 saturated carbocycles. The number of hydrogen-bond donors (Lipinski definition) is 0. The van der Waals surface area contributed by atoms with Crippen molar-refractivity contribution in [1.82, 2.24) is 0 Å². The fourth-order valence-corrected chi connectivity index (χ4v) is 4.78. The van der Waals surface area contributed by atoms with E-state index in [-0.39, 0.29) is 0 Å². The van der Waals surface area contributed by atoms with E-state index in [4.69, 9.17) is 9.47 Å². The summed E-state index contributed by atoms with van der Waals surface area (Å²) in [6, 6.07) is 4.16. The summed E-state index contributed by atoms with van der Waals surface area (Å²) in [7, 11) is 0. The van der Waals surface area contributed by atoms with Crippen LogP contribution in [-0.4, -0.2) is 13.2 Å². The van der Waals surface area contributed by atoms with Gasteiger partial charge in [-0.25, -0.2) is 0 Å². The lowest BCUT2D eigenvalue weighted by Crippen LogP contribution is -2.19. The Labute approximate surface area is 131 Å². The monoisotopic (exact) mass is 388 g/mol. The molecule has 104 valence electrons. The molecule has 19 heavy (non-hydrogen) atoms. The molecule has 1 aliphatic carbocycles. The minimum absolute atomic E-state index is 0.340. The molecule has 1 aliphatic heterocycles. The van der Waals surface area contributed by atoms with Gasteiger partial charge in [0.2, 0.25) is 0 Å². The topological polar surface area (TPSA) is 18.5 Å². The van der Waals surface area contributed by atoms with E-state index in [9.17, 15) is 0 Å². The van der Waals surface area contributed by atoms with Gasteiger partial charge in [0.05, 0.1) is 0 Å². The van der Waals surface area contributed by atoms with E-state index in [0.717, 1.165) is 16.0 Å². The Morgan fingerprint density at radius 3 is 2.32 bits per heavy atom. The van der Waals surface area contributed by atoms with Crippen LogP contribution < -0.4 is 9.47 Å². The van der Waals surface area contributed by atoms with Crippen LogP contribution in [0.15, 0.2) is 16.6 Å². The van der Waals surface area contributed by atoms with Gasteiger partial charge in [-0.15, -0.1) is 0 Å². The van der Waals surface area contributed by atoms with Crippen LogP contribution in [0.25, 0.3) is 0 Å². The summed E-state index contributed by atoms with van der Waals surface area (Å²) < 4.78 is 12.4. The standard InChI is InChI=1S/C15H18Br2O2/c1-15(4-2-3-5-15)14(17)10-8-12-13(9-11(10)16)19-7-6-18-12/h8-9,14H,2-7H2,1H3. The quantitative estimate of drug-likeness (QED) is 0.644. The molecule has 0 aromatic heterocycles. The minimum atomic E-state index is 0.340. The van der Waals surface area contributed by atoms with Gasteiger partial charge in [0.15, 0.2) is 11.5 Å². The number of ether oxygens (including phenoxy) is 2. The Morgan fingerprint density at radius 2 is 1.68 bits per heavy atom. The van der Waals surface area contributed by atoms with Crippen molar-refractivity contribution in [3.05, 3.63) is 22.2 Å². The van der Waals surface area contributed by atoms with Gasteiger partial charge in [-0.3, -0.25) is 0 Å². The van der Waals surface area contributed by atoms with Crippen molar-refractivity contribution in [2.24, 2.45) is 5.41 Å². The number of hydrogen-bond acceptors (Lipinski definition) is 2. The molecule has 2 aliphatic rings. The van der Waals surface area contributed by atoms with Crippen LogP contribution in [0.4, 0.5) is 0 Å². The molecule has 0 spiro atoms. The van der Waals surface area contributed by atoms with Gasteiger partial charge in [0.25, 0.3) is 0 Å².